The first-order valence-electron chi connectivity index (χ1n) is 10.0. The molecule has 0 aliphatic heterocycles. The molecule has 0 bridgehead atoms. The van der Waals surface area contributed by atoms with Gasteiger partial charge >= 0.3 is 0 Å². The van der Waals surface area contributed by atoms with Gasteiger partial charge in [0, 0.05) is 17.2 Å². The largest absolute Gasteiger partial charge is 0.271 e. The van der Waals surface area contributed by atoms with Crippen molar-refractivity contribution >= 4 is 44.6 Å². The van der Waals surface area contributed by atoms with Crippen molar-refractivity contribution in [2.75, 3.05) is 10.8 Å². The minimum atomic E-state index is -4.07. The van der Waals surface area contributed by atoms with E-state index in [2.05, 4.69) is 10.5 Å². The fraction of sp³-hybridized carbons (Fsp3) is 0.130. The number of carbonyl (C=O) groups excluding carboxylic acids is 1. The van der Waals surface area contributed by atoms with Gasteiger partial charge in [-0.1, -0.05) is 29.8 Å². The van der Waals surface area contributed by atoms with Crippen LogP contribution in [-0.4, -0.2) is 31.5 Å². The van der Waals surface area contributed by atoms with E-state index in [1.54, 1.807) is 44.2 Å². The van der Waals surface area contributed by atoms with Crippen LogP contribution in [0.2, 0.25) is 5.02 Å². The number of nitrogens with one attached hydrogen (secondary N) is 1. The number of nitrogens with zero attached hydrogens (tertiary/aromatic N) is 3. The quantitative estimate of drug-likeness (QED) is 0.281. The number of benzene rings is 3. The van der Waals surface area contributed by atoms with Crippen molar-refractivity contribution in [1.29, 1.82) is 0 Å². The number of hydrazone groups is 1. The lowest BCUT2D eigenvalue weighted by molar-refractivity contribution is -0.384. The summed E-state index contributed by atoms with van der Waals surface area (Å²) in [4.78, 5) is 23.0. The minimum Gasteiger partial charge on any atom is -0.271 e. The van der Waals surface area contributed by atoms with E-state index >= 15 is 0 Å². The normalized spacial score (nSPS) is 11.7. The van der Waals surface area contributed by atoms with Crippen LogP contribution in [0.15, 0.2) is 82.8 Å². The van der Waals surface area contributed by atoms with Crippen molar-refractivity contribution in [3.8, 4) is 0 Å². The Labute approximate surface area is 201 Å². The van der Waals surface area contributed by atoms with Crippen LogP contribution in [-0.2, 0) is 14.8 Å². The molecule has 11 heteroatoms. The van der Waals surface area contributed by atoms with Gasteiger partial charge < -0.3 is 0 Å². The summed E-state index contributed by atoms with van der Waals surface area (Å²) in [6.45, 7) is 2.78. The Morgan fingerprint density at radius 1 is 1.09 bits per heavy atom. The van der Waals surface area contributed by atoms with E-state index in [4.69, 9.17) is 11.6 Å². The number of anilines is 1. The molecule has 34 heavy (non-hydrogen) atoms. The van der Waals surface area contributed by atoms with Crippen molar-refractivity contribution in [3.63, 3.8) is 0 Å². The first kappa shape index (κ1) is 24.9. The molecule has 0 heterocycles. The Morgan fingerprint density at radius 2 is 1.74 bits per heavy atom. The van der Waals surface area contributed by atoms with Crippen LogP contribution in [0.4, 0.5) is 11.4 Å². The molecule has 9 nitrogen and oxygen atoms in total. The van der Waals surface area contributed by atoms with Crippen LogP contribution >= 0.6 is 11.6 Å². The summed E-state index contributed by atoms with van der Waals surface area (Å²) in [6.07, 6.45) is 0. The van der Waals surface area contributed by atoms with Crippen LogP contribution in [0.3, 0.4) is 0 Å². The van der Waals surface area contributed by atoms with E-state index in [0.717, 1.165) is 4.31 Å². The van der Waals surface area contributed by atoms with Gasteiger partial charge in [0.25, 0.3) is 21.6 Å². The topological polar surface area (TPSA) is 122 Å². The monoisotopic (exact) mass is 500 g/mol. The number of sulfonamides is 1. The number of hydrogen-bond donors (Lipinski definition) is 1. The first-order valence-corrected chi connectivity index (χ1v) is 11.8. The van der Waals surface area contributed by atoms with Gasteiger partial charge in [0.1, 0.15) is 6.54 Å². The summed E-state index contributed by atoms with van der Waals surface area (Å²) < 4.78 is 27.7. The van der Waals surface area contributed by atoms with Crippen LogP contribution in [0.25, 0.3) is 0 Å². The number of hydrogen-bond acceptors (Lipinski definition) is 6. The van der Waals surface area contributed by atoms with Gasteiger partial charge in [-0.25, -0.2) is 13.8 Å². The minimum absolute atomic E-state index is 0.0303. The third-order valence-corrected chi connectivity index (χ3v) is 6.90. The molecule has 0 fully saturated rings. The second kappa shape index (κ2) is 10.4. The van der Waals surface area contributed by atoms with Gasteiger partial charge in [0.15, 0.2) is 0 Å². The Balaban J connectivity index is 1.86. The zero-order chi connectivity index (χ0) is 24.9. The van der Waals surface area contributed by atoms with Crippen LogP contribution in [0.5, 0.6) is 0 Å². The summed E-state index contributed by atoms with van der Waals surface area (Å²) in [7, 11) is -4.07. The number of nitro benzene ring substituents is 1. The molecule has 1 N–H and O–H groups in total. The second-order valence-corrected chi connectivity index (χ2v) is 9.59. The molecule has 0 aliphatic carbocycles. The summed E-state index contributed by atoms with van der Waals surface area (Å²) in [5.41, 5.74) is 4.12. The number of amides is 1. The molecule has 3 aromatic carbocycles. The van der Waals surface area contributed by atoms with E-state index in [0.29, 0.717) is 27.5 Å². The second-order valence-electron chi connectivity index (χ2n) is 7.29. The fourth-order valence-corrected chi connectivity index (χ4v) is 4.85. The highest BCUT2D eigenvalue weighted by molar-refractivity contribution is 7.92. The number of rotatable bonds is 8. The molecule has 0 saturated heterocycles. The van der Waals surface area contributed by atoms with Gasteiger partial charge in [0.2, 0.25) is 0 Å². The van der Waals surface area contributed by atoms with E-state index in [-0.39, 0.29) is 10.6 Å². The maximum Gasteiger partial charge on any atom is 0.269 e. The van der Waals surface area contributed by atoms with Crippen LogP contribution in [0.1, 0.15) is 18.1 Å². The maximum atomic E-state index is 13.4. The lowest BCUT2D eigenvalue weighted by Crippen LogP contribution is -2.40. The molecule has 3 rings (SSSR count). The predicted molar refractivity (Wildman–Crippen MR) is 131 cm³/mol. The molecule has 0 atom stereocenters. The zero-order valence-corrected chi connectivity index (χ0v) is 19.9. The van der Waals surface area contributed by atoms with Crippen molar-refractivity contribution in [2.45, 2.75) is 18.7 Å². The predicted octanol–water partition coefficient (Wildman–Crippen LogP) is 4.29. The summed E-state index contributed by atoms with van der Waals surface area (Å²) in [5.74, 6) is -0.671. The Kier molecular flexibility index (Phi) is 7.64. The Bertz CT molecular complexity index is 1340. The van der Waals surface area contributed by atoms with Gasteiger partial charge in [0.05, 0.1) is 21.2 Å². The van der Waals surface area contributed by atoms with Crippen molar-refractivity contribution < 1.29 is 18.1 Å². The summed E-state index contributed by atoms with van der Waals surface area (Å²) >= 11 is 6.03. The van der Waals surface area contributed by atoms with E-state index in [1.807, 2.05) is 0 Å². The van der Waals surface area contributed by atoms with Gasteiger partial charge in [-0.3, -0.25) is 19.2 Å². The molecule has 0 spiro atoms. The summed E-state index contributed by atoms with van der Waals surface area (Å²) in [5, 5.41) is 15.2. The number of halogens is 1. The van der Waals surface area contributed by atoms with Crippen LogP contribution in [0, 0.1) is 17.0 Å². The summed E-state index contributed by atoms with van der Waals surface area (Å²) in [6, 6.07) is 18.1. The highest BCUT2D eigenvalue weighted by atomic mass is 35.5. The van der Waals surface area contributed by atoms with Crippen molar-refractivity contribution in [3.05, 3.63) is 99.1 Å². The average Bonchev–Trinajstić information content (AvgIpc) is 2.82. The number of non-ortho nitro benzene ring substituents is 1. The molecule has 1 amide bonds. The molecule has 0 aliphatic rings. The Morgan fingerprint density at radius 3 is 2.32 bits per heavy atom. The smallest absolute Gasteiger partial charge is 0.269 e. The molecular weight excluding hydrogens is 480 g/mol. The fourth-order valence-electron chi connectivity index (χ4n) is 3.12. The molecule has 176 valence electrons. The molecule has 0 aromatic heterocycles. The standard InChI is InChI=1S/C23H21ClN4O5S/c1-16-14-19(24)10-13-22(16)27(34(32,33)21-6-4-3-5-7-21)15-23(29)26-25-17(2)18-8-11-20(12-9-18)28(30)31/h3-14H,15H2,1-2H3,(H,26,29)/b25-17-. The third kappa shape index (κ3) is 5.77. The molecular formula is C23H21ClN4O5S. The maximum absolute atomic E-state index is 13.4. The third-order valence-electron chi connectivity index (χ3n) is 4.89. The Hall–Kier alpha value is -3.76. The SMILES string of the molecule is C/C(=N/NC(=O)CN(c1ccc(Cl)cc1C)S(=O)(=O)c1ccccc1)c1ccc([N+](=O)[O-])cc1. The highest BCUT2D eigenvalue weighted by Gasteiger charge is 2.28. The molecule has 0 saturated carbocycles. The first-order chi connectivity index (χ1) is 16.1. The van der Waals surface area contributed by atoms with Gasteiger partial charge in [-0.2, -0.15) is 5.10 Å². The highest BCUT2D eigenvalue weighted by Crippen LogP contribution is 2.28. The molecule has 0 radical (unpaired) electrons. The molecule has 0 unspecified atom stereocenters. The van der Waals surface area contributed by atoms with E-state index in [1.165, 1.54) is 42.5 Å². The van der Waals surface area contributed by atoms with Crippen molar-refractivity contribution in [1.82, 2.24) is 5.43 Å². The number of aryl methyl sites for hydroxylation is 1. The lowest BCUT2D eigenvalue weighted by Gasteiger charge is -2.25. The van der Waals surface area contributed by atoms with Gasteiger partial charge in [-0.05, 0) is 67.4 Å². The molecule has 3 aromatic rings. The van der Waals surface area contributed by atoms with Gasteiger partial charge in [-0.15, -0.1) is 0 Å². The van der Waals surface area contributed by atoms with E-state index in [9.17, 15) is 23.3 Å². The zero-order valence-electron chi connectivity index (χ0n) is 18.3. The average molecular weight is 501 g/mol. The number of carbonyl (C=O) groups is 1. The lowest BCUT2D eigenvalue weighted by atomic mass is 10.1. The van der Waals surface area contributed by atoms with Crippen molar-refractivity contribution in [2.24, 2.45) is 5.10 Å². The van der Waals surface area contributed by atoms with E-state index < -0.39 is 27.4 Å². The number of nitro groups is 1. The van der Waals surface area contributed by atoms with Crippen LogP contribution < -0.4 is 9.73 Å².